The van der Waals surface area contributed by atoms with Gasteiger partial charge in [-0.15, -0.1) is 10.2 Å². The van der Waals surface area contributed by atoms with Crippen LogP contribution in [-0.2, 0) is 13.6 Å². The molecule has 0 atom stereocenters. The number of nitrogens with zero attached hydrogens (tertiary/aromatic N) is 6. The van der Waals surface area contributed by atoms with Crippen LogP contribution in [0.25, 0.3) is 11.4 Å². The summed E-state index contributed by atoms with van der Waals surface area (Å²) in [6, 6.07) is 3.89. The molecule has 146 valence electrons. The average molecular weight is 383 g/mol. The van der Waals surface area contributed by atoms with E-state index in [9.17, 15) is 9.59 Å². The Kier molecular flexibility index (Phi) is 4.68. The second-order valence-electron chi connectivity index (χ2n) is 6.65. The first-order valence-electron chi connectivity index (χ1n) is 9.04. The fourth-order valence-electron chi connectivity index (χ4n) is 3.06. The van der Waals surface area contributed by atoms with Crippen molar-refractivity contribution in [2.75, 3.05) is 13.7 Å². The molecule has 1 aliphatic rings. The van der Waals surface area contributed by atoms with Crippen LogP contribution in [0, 0.1) is 0 Å². The van der Waals surface area contributed by atoms with E-state index in [4.69, 9.17) is 4.74 Å². The van der Waals surface area contributed by atoms with Gasteiger partial charge in [0.2, 0.25) is 5.88 Å². The summed E-state index contributed by atoms with van der Waals surface area (Å²) in [5.41, 5.74) is 0.973. The zero-order valence-corrected chi connectivity index (χ0v) is 15.7. The van der Waals surface area contributed by atoms with Gasteiger partial charge >= 0.3 is 5.69 Å². The van der Waals surface area contributed by atoms with Crippen molar-refractivity contribution < 1.29 is 9.53 Å². The minimum absolute atomic E-state index is 0.172. The van der Waals surface area contributed by atoms with Gasteiger partial charge in [0.1, 0.15) is 5.56 Å². The average Bonchev–Trinajstić information content (AvgIpc) is 3.39. The lowest BCUT2D eigenvalue weighted by Gasteiger charge is -2.04. The summed E-state index contributed by atoms with van der Waals surface area (Å²) >= 11 is 0. The highest BCUT2D eigenvalue weighted by atomic mass is 16.5. The Morgan fingerprint density at radius 2 is 2.18 bits per heavy atom. The molecule has 4 rings (SSSR count). The van der Waals surface area contributed by atoms with Gasteiger partial charge in [0.15, 0.2) is 5.82 Å². The van der Waals surface area contributed by atoms with Crippen molar-refractivity contribution in [1.29, 1.82) is 0 Å². The molecule has 0 aliphatic heterocycles. The van der Waals surface area contributed by atoms with Crippen molar-refractivity contribution in [3.05, 3.63) is 46.8 Å². The van der Waals surface area contributed by atoms with Gasteiger partial charge in [0.05, 0.1) is 13.7 Å². The third-order valence-electron chi connectivity index (χ3n) is 4.54. The molecule has 1 aliphatic carbocycles. The molecule has 3 aromatic rings. The molecule has 1 amide bonds. The van der Waals surface area contributed by atoms with Crippen molar-refractivity contribution >= 4 is 5.91 Å². The standard InChI is InChI=1S/C18H21N7O3/c1-23-11-14(17(22-23)28-2)16(26)20-8-9-24-18(27)25(13-5-6-13)15(21-24)12-4-3-7-19-10-12/h3-4,7,10-11,13H,5-6,8-9H2,1-2H3,(H,20,26). The van der Waals surface area contributed by atoms with E-state index in [1.54, 1.807) is 30.2 Å². The van der Waals surface area contributed by atoms with E-state index in [1.165, 1.54) is 16.5 Å². The number of ether oxygens (including phenoxy) is 1. The number of hydrogen-bond donors (Lipinski definition) is 1. The van der Waals surface area contributed by atoms with E-state index < -0.39 is 0 Å². The number of carbonyl (C=O) groups is 1. The van der Waals surface area contributed by atoms with Crippen molar-refractivity contribution in [3.63, 3.8) is 0 Å². The highest BCUT2D eigenvalue weighted by Gasteiger charge is 2.30. The molecule has 28 heavy (non-hydrogen) atoms. The molecule has 3 heterocycles. The zero-order valence-electron chi connectivity index (χ0n) is 15.7. The van der Waals surface area contributed by atoms with E-state index in [1.807, 2.05) is 12.1 Å². The number of rotatable bonds is 7. The monoisotopic (exact) mass is 383 g/mol. The summed E-state index contributed by atoms with van der Waals surface area (Å²) in [5, 5.41) is 11.3. The Hall–Kier alpha value is -3.43. The summed E-state index contributed by atoms with van der Waals surface area (Å²) < 4.78 is 9.73. The van der Waals surface area contributed by atoms with E-state index in [-0.39, 0.29) is 36.6 Å². The highest BCUT2D eigenvalue weighted by molar-refractivity contribution is 5.96. The van der Waals surface area contributed by atoms with Crippen LogP contribution >= 0.6 is 0 Å². The molecule has 0 unspecified atom stereocenters. The number of aryl methyl sites for hydroxylation is 1. The molecule has 0 aromatic carbocycles. The number of amides is 1. The summed E-state index contributed by atoms with van der Waals surface area (Å²) in [7, 11) is 3.17. The molecule has 0 bridgehead atoms. The smallest absolute Gasteiger partial charge is 0.346 e. The van der Waals surface area contributed by atoms with Gasteiger partial charge in [-0.3, -0.25) is 19.0 Å². The SMILES string of the molecule is COc1nn(C)cc1C(=O)NCCn1nc(-c2cccnc2)n(C2CC2)c1=O. The highest BCUT2D eigenvalue weighted by Crippen LogP contribution is 2.36. The number of aromatic nitrogens is 6. The largest absolute Gasteiger partial charge is 0.479 e. The van der Waals surface area contributed by atoms with Crippen LogP contribution in [0.4, 0.5) is 0 Å². The number of nitrogens with one attached hydrogen (secondary N) is 1. The Labute approximate surface area is 160 Å². The van der Waals surface area contributed by atoms with Crippen LogP contribution in [0.3, 0.4) is 0 Å². The maximum absolute atomic E-state index is 12.8. The predicted octanol–water partition coefficient (Wildman–Crippen LogP) is 0.614. The molecule has 3 aromatic heterocycles. The lowest BCUT2D eigenvalue weighted by atomic mass is 10.3. The summed E-state index contributed by atoms with van der Waals surface area (Å²) in [6.07, 6.45) is 6.90. The molecule has 0 radical (unpaired) electrons. The molecule has 10 nitrogen and oxygen atoms in total. The first-order chi connectivity index (χ1) is 13.6. The van der Waals surface area contributed by atoms with Crippen LogP contribution < -0.4 is 15.7 Å². The van der Waals surface area contributed by atoms with Crippen LogP contribution in [0.5, 0.6) is 5.88 Å². The van der Waals surface area contributed by atoms with Crippen molar-refractivity contribution in [3.8, 4) is 17.3 Å². The number of carbonyl (C=O) groups excluding carboxylic acids is 1. The Morgan fingerprint density at radius 3 is 2.86 bits per heavy atom. The molecular weight excluding hydrogens is 362 g/mol. The third-order valence-corrected chi connectivity index (χ3v) is 4.54. The first kappa shape index (κ1) is 18.0. The first-order valence-corrected chi connectivity index (χ1v) is 9.04. The van der Waals surface area contributed by atoms with Crippen molar-refractivity contribution in [2.24, 2.45) is 7.05 Å². The fraction of sp³-hybridized carbons (Fsp3) is 0.389. The minimum Gasteiger partial charge on any atom is -0.479 e. The van der Waals surface area contributed by atoms with Gasteiger partial charge in [-0.2, -0.15) is 0 Å². The zero-order chi connectivity index (χ0) is 19.7. The summed E-state index contributed by atoms with van der Waals surface area (Å²) in [5.74, 6) is 0.557. The fourth-order valence-corrected chi connectivity index (χ4v) is 3.06. The lowest BCUT2D eigenvalue weighted by molar-refractivity contribution is 0.0948. The second-order valence-corrected chi connectivity index (χ2v) is 6.65. The summed E-state index contributed by atoms with van der Waals surface area (Å²) in [6.45, 7) is 0.519. The number of hydrogen-bond acceptors (Lipinski definition) is 6. The van der Waals surface area contributed by atoms with Crippen LogP contribution in [-0.4, -0.2) is 48.7 Å². The molecule has 0 saturated heterocycles. The van der Waals surface area contributed by atoms with E-state index in [0.717, 1.165) is 18.4 Å². The van der Waals surface area contributed by atoms with Gasteiger partial charge in [0.25, 0.3) is 5.91 Å². The van der Waals surface area contributed by atoms with Gasteiger partial charge in [-0.1, -0.05) is 0 Å². The van der Waals surface area contributed by atoms with Gasteiger partial charge < -0.3 is 10.1 Å². The van der Waals surface area contributed by atoms with Crippen LogP contribution in [0.2, 0.25) is 0 Å². The summed E-state index contributed by atoms with van der Waals surface area (Å²) in [4.78, 5) is 29.3. The van der Waals surface area contributed by atoms with E-state index in [0.29, 0.717) is 11.4 Å². The molecule has 0 spiro atoms. The maximum Gasteiger partial charge on any atom is 0.346 e. The molecular formula is C18H21N7O3. The van der Waals surface area contributed by atoms with Crippen LogP contribution in [0.1, 0.15) is 29.2 Å². The molecule has 1 fully saturated rings. The second kappa shape index (κ2) is 7.29. The molecule has 10 heteroatoms. The predicted molar refractivity (Wildman–Crippen MR) is 100 cm³/mol. The Balaban J connectivity index is 1.50. The quantitative estimate of drug-likeness (QED) is 0.640. The lowest BCUT2D eigenvalue weighted by Crippen LogP contribution is -2.32. The van der Waals surface area contributed by atoms with Crippen molar-refractivity contribution in [2.45, 2.75) is 25.4 Å². The van der Waals surface area contributed by atoms with Gasteiger partial charge in [0, 0.05) is 43.8 Å². The maximum atomic E-state index is 12.8. The minimum atomic E-state index is -0.313. The Morgan fingerprint density at radius 1 is 1.36 bits per heavy atom. The van der Waals surface area contributed by atoms with Gasteiger partial charge in [-0.25, -0.2) is 9.48 Å². The van der Waals surface area contributed by atoms with E-state index in [2.05, 4.69) is 20.5 Å². The van der Waals surface area contributed by atoms with Crippen LogP contribution in [0.15, 0.2) is 35.5 Å². The number of pyridine rings is 1. The van der Waals surface area contributed by atoms with Gasteiger partial charge in [-0.05, 0) is 25.0 Å². The normalized spacial score (nSPS) is 13.5. The Bertz CT molecular complexity index is 1050. The topological polar surface area (TPSA) is 109 Å². The molecule has 1 saturated carbocycles. The number of methoxy groups -OCH3 is 1. The third kappa shape index (κ3) is 3.40. The van der Waals surface area contributed by atoms with Crippen molar-refractivity contribution in [1.82, 2.24) is 34.4 Å². The van der Waals surface area contributed by atoms with E-state index >= 15 is 0 Å². The molecule has 1 N–H and O–H groups in total.